The highest BCUT2D eigenvalue weighted by atomic mass is 32.2. The summed E-state index contributed by atoms with van der Waals surface area (Å²) in [5, 5.41) is 5.89. The van der Waals surface area contributed by atoms with Gasteiger partial charge in [-0.15, -0.1) is 0 Å². The van der Waals surface area contributed by atoms with Gasteiger partial charge in [0.15, 0.2) is 5.96 Å². The average Bonchev–Trinajstić information content (AvgIpc) is 2.56. The molecule has 0 heterocycles. The van der Waals surface area contributed by atoms with Gasteiger partial charge in [-0.25, -0.2) is 13.4 Å². The van der Waals surface area contributed by atoms with Crippen LogP contribution in [0.1, 0.15) is 25.8 Å². The van der Waals surface area contributed by atoms with Gasteiger partial charge in [0, 0.05) is 19.3 Å². The lowest BCUT2D eigenvalue weighted by Crippen LogP contribution is -2.40. The number of alkyl halides is 3. The van der Waals surface area contributed by atoms with Crippen LogP contribution in [0.5, 0.6) is 5.75 Å². The lowest BCUT2D eigenvalue weighted by atomic mass is 10.2. The Balaban J connectivity index is 2.73. The SMILES string of the molecule is CCNC(=NCC(CC)Oc1cccc(C(F)(F)F)c1)NCCS(C)(=O)=O. The quantitative estimate of drug-likeness (QED) is 0.484. The van der Waals surface area contributed by atoms with Crippen LogP contribution in [0.3, 0.4) is 0 Å². The fourth-order valence-corrected chi connectivity index (χ4v) is 2.55. The van der Waals surface area contributed by atoms with Crippen molar-refractivity contribution in [2.45, 2.75) is 32.5 Å². The molecule has 0 amide bonds. The second-order valence-corrected chi connectivity index (χ2v) is 8.21. The summed E-state index contributed by atoms with van der Waals surface area (Å²) in [4.78, 5) is 4.32. The predicted octanol–water partition coefficient (Wildman–Crippen LogP) is 2.46. The van der Waals surface area contributed by atoms with Crippen molar-refractivity contribution in [1.29, 1.82) is 0 Å². The smallest absolute Gasteiger partial charge is 0.416 e. The van der Waals surface area contributed by atoms with Crippen LogP contribution >= 0.6 is 0 Å². The van der Waals surface area contributed by atoms with Gasteiger partial charge in [-0.3, -0.25) is 0 Å². The van der Waals surface area contributed by atoms with E-state index in [9.17, 15) is 21.6 Å². The maximum absolute atomic E-state index is 12.8. The Bertz CT molecular complexity index is 722. The van der Waals surface area contributed by atoms with Crippen LogP contribution in [0.25, 0.3) is 0 Å². The first kappa shape index (κ1) is 23.1. The molecule has 154 valence electrons. The number of rotatable bonds is 9. The Morgan fingerprint density at radius 1 is 1.26 bits per heavy atom. The summed E-state index contributed by atoms with van der Waals surface area (Å²) in [6, 6.07) is 4.71. The number of nitrogens with one attached hydrogen (secondary N) is 2. The molecule has 27 heavy (non-hydrogen) atoms. The van der Waals surface area contributed by atoms with Crippen molar-refractivity contribution in [3.05, 3.63) is 29.8 Å². The summed E-state index contributed by atoms with van der Waals surface area (Å²) in [7, 11) is -3.09. The Morgan fingerprint density at radius 3 is 2.52 bits per heavy atom. The summed E-state index contributed by atoms with van der Waals surface area (Å²) in [6.07, 6.45) is -3.16. The van der Waals surface area contributed by atoms with Crippen molar-refractivity contribution in [1.82, 2.24) is 10.6 Å². The van der Waals surface area contributed by atoms with Crippen molar-refractivity contribution < 1.29 is 26.3 Å². The highest BCUT2D eigenvalue weighted by molar-refractivity contribution is 7.90. The van der Waals surface area contributed by atoms with E-state index >= 15 is 0 Å². The first-order valence-corrected chi connectivity index (χ1v) is 10.6. The number of hydrogen-bond acceptors (Lipinski definition) is 4. The molecule has 1 atom stereocenters. The Kier molecular flexibility index (Phi) is 8.87. The van der Waals surface area contributed by atoms with E-state index in [4.69, 9.17) is 4.74 Å². The molecule has 0 aliphatic heterocycles. The van der Waals surface area contributed by atoms with E-state index in [1.54, 1.807) is 0 Å². The van der Waals surface area contributed by atoms with Crippen LogP contribution in [0.2, 0.25) is 0 Å². The third kappa shape index (κ3) is 9.50. The topological polar surface area (TPSA) is 79.8 Å². The van der Waals surface area contributed by atoms with Gasteiger partial charge in [0.1, 0.15) is 21.7 Å². The third-order valence-electron chi connectivity index (χ3n) is 3.48. The molecule has 1 aromatic carbocycles. The Hall–Kier alpha value is -1.97. The molecular formula is C17H26F3N3O3S. The standard InChI is InChI=1S/C17H26F3N3O3S/c1-4-14(26-15-8-6-7-13(11-15)17(18,19)20)12-23-16(21-5-2)22-9-10-27(3,24)25/h6-8,11,14H,4-5,9-10,12H2,1-3H3,(H2,21,22,23). The number of ether oxygens (including phenoxy) is 1. The van der Waals surface area contributed by atoms with E-state index < -0.39 is 27.7 Å². The summed E-state index contributed by atoms with van der Waals surface area (Å²) in [5.41, 5.74) is -0.769. The van der Waals surface area contributed by atoms with Crippen LogP contribution in [0.4, 0.5) is 13.2 Å². The van der Waals surface area contributed by atoms with Crippen molar-refractivity contribution in [2.24, 2.45) is 4.99 Å². The summed E-state index contributed by atoms with van der Waals surface area (Å²) in [5.74, 6) is 0.518. The molecule has 1 rings (SSSR count). The molecule has 0 saturated carbocycles. The second-order valence-electron chi connectivity index (χ2n) is 5.95. The van der Waals surface area contributed by atoms with Crippen molar-refractivity contribution in [2.75, 3.05) is 31.6 Å². The van der Waals surface area contributed by atoms with Gasteiger partial charge in [0.05, 0.1) is 17.9 Å². The monoisotopic (exact) mass is 409 g/mol. The van der Waals surface area contributed by atoms with Gasteiger partial charge in [0.2, 0.25) is 0 Å². The Morgan fingerprint density at radius 2 is 1.96 bits per heavy atom. The minimum atomic E-state index is -4.43. The third-order valence-corrected chi connectivity index (χ3v) is 4.43. The molecule has 6 nitrogen and oxygen atoms in total. The van der Waals surface area contributed by atoms with E-state index in [0.717, 1.165) is 18.4 Å². The summed E-state index contributed by atoms with van der Waals surface area (Å²) >= 11 is 0. The summed E-state index contributed by atoms with van der Waals surface area (Å²) in [6.45, 7) is 4.70. The number of nitrogens with zero attached hydrogens (tertiary/aromatic N) is 1. The molecule has 1 unspecified atom stereocenters. The van der Waals surface area contributed by atoms with Crippen molar-refractivity contribution in [3.63, 3.8) is 0 Å². The van der Waals surface area contributed by atoms with Crippen LogP contribution in [0.15, 0.2) is 29.3 Å². The zero-order valence-electron chi connectivity index (χ0n) is 15.6. The first-order valence-electron chi connectivity index (χ1n) is 8.59. The van der Waals surface area contributed by atoms with Crippen LogP contribution in [-0.2, 0) is 16.0 Å². The molecule has 0 saturated heterocycles. The summed E-state index contributed by atoms with van der Waals surface area (Å²) < 4.78 is 66.4. The molecule has 10 heteroatoms. The van der Waals surface area contributed by atoms with E-state index in [-0.39, 0.29) is 24.6 Å². The van der Waals surface area contributed by atoms with E-state index in [1.807, 2.05) is 13.8 Å². The number of hydrogen-bond donors (Lipinski definition) is 2. The Labute approximate surface area is 158 Å². The molecule has 2 N–H and O–H groups in total. The molecule has 0 spiro atoms. The normalized spacial score (nSPS) is 13.9. The number of sulfone groups is 1. The first-order chi connectivity index (χ1) is 12.5. The van der Waals surface area contributed by atoms with Crippen molar-refractivity contribution in [3.8, 4) is 5.75 Å². The molecule has 1 aromatic rings. The molecule has 0 aliphatic rings. The van der Waals surface area contributed by atoms with Crippen molar-refractivity contribution >= 4 is 15.8 Å². The fourth-order valence-electron chi connectivity index (χ4n) is 2.08. The second kappa shape index (κ2) is 10.4. The molecule has 0 fully saturated rings. The molecule has 0 aromatic heterocycles. The van der Waals surface area contributed by atoms with Gasteiger partial charge in [-0.2, -0.15) is 13.2 Å². The van der Waals surface area contributed by atoms with E-state index in [0.29, 0.717) is 18.9 Å². The van der Waals surface area contributed by atoms with Gasteiger partial charge in [-0.1, -0.05) is 13.0 Å². The fraction of sp³-hybridized carbons (Fsp3) is 0.588. The van der Waals surface area contributed by atoms with Crippen LogP contribution in [0, 0.1) is 0 Å². The molecule has 0 aliphatic carbocycles. The zero-order chi connectivity index (χ0) is 20.5. The largest absolute Gasteiger partial charge is 0.488 e. The van der Waals surface area contributed by atoms with E-state index in [1.165, 1.54) is 12.1 Å². The highest BCUT2D eigenvalue weighted by Gasteiger charge is 2.30. The highest BCUT2D eigenvalue weighted by Crippen LogP contribution is 2.31. The minimum Gasteiger partial charge on any atom is -0.488 e. The predicted molar refractivity (Wildman–Crippen MR) is 99.8 cm³/mol. The zero-order valence-corrected chi connectivity index (χ0v) is 16.5. The van der Waals surface area contributed by atoms with Crippen LogP contribution in [-0.4, -0.2) is 52.1 Å². The van der Waals surface area contributed by atoms with E-state index in [2.05, 4.69) is 15.6 Å². The lowest BCUT2D eigenvalue weighted by Gasteiger charge is -2.18. The maximum Gasteiger partial charge on any atom is 0.416 e. The number of halogens is 3. The van der Waals surface area contributed by atoms with Gasteiger partial charge in [-0.05, 0) is 31.5 Å². The van der Waals surface area contributed by atoms with Gasteiger partial charge in [0.25, 0.3) is 0 Å². The minimum absolute atomic E-state index is 0.0324. The molecule has 0 radical (unpaired) electrons. The van der Waals surface area contributed by atoms with Gasteiger partial charge < -0.3 is 15.4 Å². The molecular weight excluding hydrogens is 383 g/mol. The van der Waals surface area contributed by atoms with Gasteiger partial charge >= 0.3 is 6.18 Å². The number of benzene rings is 1. The average molecular weight is 409 g/mol. The maximum atomic E-state index is 12.8. The number of aliphatic imine (C=N–C) groups is 1. The van der Waals surface area contributed by atoms with Crippen LogP contribution < -0.4 is 15.4 Å². The number of guanidine groups is 1. The lowest BCUT2D eigenvalue weighted by molar-refractivity contribution is -0.137. The molecule has 0 bridgehead atoms.